The third-order valence-electron chi connectivity index (χ3n) is 3.76. The second-order valence-corrected chi connectivity index (χ2v) is 4.72. The van der Waals surface area contributed by atoms with Crippen LogP contribution in [0.3, 0.4) is 0 Å². The van der Waals surface area contributed by atoms with Crippen LogP contribution in [-0.2, 0) is 9.59 Å². The summed E-state index contributed by atoms with van der Waals surface area (Å²) in [5.74, 6) is -3.87. The SMILES string of the molecule is N#CC(C(N)=O)C1(C(C#N)C(N)=O)CCCCC1. The van der Waals surface area contributed by atoms with E-state index in [-0.39, 0.29) is 0 Å². The lowest BCUT2D eigenvalue weighted by Gasteiger charge is -2.41. The lowest BCUT2D eigenvalue weighted by molar-refractivity contribution is -0.131. The van der Waals surface area contributed by atoms with E-state index in [1.165, 1.54) is 0 Å². The minimum atomic E-state index is -1.14. The van der Waals surface area contributed by atoms with Crippen molar-refractivity contribution in [1.29, 1.82) is 10.5 Å². The molecule has 96 valence electrons. The first-order chi connectivity index (χ1) is 8.49. The predicted octanol–water partition coefficient (Wildman–Crippen LogP) is 0.187. The highest BCUT2D eigenvalue weighted by Gasteiger charge is 2.51. The molecular weight excluding hydrogens is 232 g/mol. The Morgan fingerprint density at radius 1 is 0.944 bits per heavy atom. The topological polar surface area (TPSA) is 134 Å². The number of amides is 2. The molecule has 2 amide bonds. The lowest BCUT2D eigenvalue weighted by Crippen LogP contribution is -2.49. The molecule has 0 aliphatic heterocycles. The van der Waals surface area contributed by atoms with Crippen LogP contribution >= 0.6 is 0 Å². The van der Waals surface area contributed by atoms with E-state index in [0.29, 0.717) is 12.8 Å². The van der Waals surface area contributed by atoms with E-state index in [2.05, 4.69) is 0 Å². The molecule has 0 aromatic rings. The molecule has 0 spiro atoms. The van der Waals surface area contributed by atoms with Crippen molar-refractivity contribution in [2.45, 2.75) is 32.1 Å². The van der Waals surface area contributed by atoms with Crippen molar-refractivity contribution in [3.63, 3.8) is 0 Å². The zero-order valence-electron chi connectivity index (χ0n) is 10.1. The third-order valence-corrected chi connectivity index (χ3v) is 3.76. The summed E-state index contributed by atoms with van der Waals surface area (Å²) < 4.78 is 0. The number of hydrogen-bond acceptors (Lipinski definition) is 4. The molecular formula is C12H16N4O2. The molecule has 0 aromatic carbocycles. The predicted molar refractivity (Wildman–Crippen MR) is 62.1 cm³/mol. The molecule has 1 saturated carbocycles. The van der Waals surface area contributed by atoms with Gasteiger partial charge in [0.15, 0.2) is 0 Å². The van der Waals surface area contributed by atoms with Gasteiger partial charge in [0.1, 0.15) is 11.8 Å². The molecule has 1 aliphatic carbocycles. The summed E-state index contributed by atoms with van der Waals surface area (Å²) in [6, 6.07) is 3.70. The average Bonchev–Trinajstić information content (AvgIpc) is 2.30. The van der Waals surface area contributed by atoms with Crippen LogP contribution < -0.4 is 11.5 Å². The fraction of sp³-hybridized carbons (Fsp3) is 0.667. The van der Waals surface area contributed by atoms with E-state index >= 15 is 0 Å². The van der Waals surface area contributed by atoms with Crippen molar-refractivity contribution in [3.05, 3.63) is 0 Å². The summed E-state index contributed by atoms with van der Waals surface area (Å²) in [5.41, 5.74) is 9.45. The Bertz CT molecular complexity index is 392. The van der Waals surface area contributed by atoms with Gasteiger partial charge in [0.25, 0.3) is 0 Å². The number of nitriles is 2. The summed E-state index contributed by atoms with van der Waals surface area (Å²) in [7, 11) is 0. The van der Waals surface area contributed by atoms with Gasteiger partial charge >= 0.3 is 0 Å². The van der Waals surface area contributed by atoms with E-state index in [1.54, 1.807) is 0 Å². The molecule has 2 atom stereocenters. The molecule has 0 heterocycles. The van der Waals surface area contributed by atoms with Crippen LogP contribution in [0.2, 0.25) is 0 Å². The average molecular weight is 248 g/mol. The first-order valence-corrected chi connectivity index (χ1v) is 5.87. The molecule has 2 unspecified atom stereocenters. The number of hydrogen-bond donors (Lipinski definition) is 2. The van der Waals surface area contributed by atoms with Gasteiger partial charge in [0, 0.05) is 5.41 Å². The summed E-state index contributed by atoms with van der Waals surface area (Å²) in [6.07, 6.45) is 3.38. The maximum Gasteiger partial charge on any atom is 0.235 e. The third kappa shape index (κ3) is 2.28. The number of carbonyl (C=O) groups is 2. The molecule has 1 rings (SSSR count). The zero-order chi connectivity index (χ0) is 13.8. The summed E-state index contributed by atoms with van der Waals surface area (Å²) >= 11 is 0. The minimum Gasteiger partial charge on any atom is -0.369 e. The first-order valence-electron chi connectivity index (χ1n) is 5.87. The monoisotopic (exact) mass is 248 g/mol. The molecule has 4 N–H and O–H groups in total. The fourth-order valence-electron chi connectivity index (χ4n) is 2.91. The van der Waals surface area contributed by atoms with Crippen molar-refractivity contribution < 1.29 is 9.59 Å². The molecule has 18 heavy (non-hydrogen) atoms. The molecule has 0 radical (unpaired) electrons. The highest BCUT2D eigenvalue weighted by atomic mass is 16.1. The van der Waals surface area contributed by atoms with Gasteiger partial charge in [-0.25, -0.2) is 0 Å². The number of nitrogens with two attached hydrogens (primary N) is 2. The van der Waals surface area contributed by atoms with Crippen molar-refractivity contribution >= 4 is 11.8 Å². The van der Waals surface area contributed by atoms with Crippen molar-refractivity contribution in [1.82, 2.24) is 0 Å². The van der Waals surface area contributed by atoms with Crippen LogP contribution in [0.4, 0.5) is 0 Å². The second kappa shape index (κ2) is 5.50. The Labute approximate surface area is 106 Å². The van der Waals surface area contributed by atoms with Crippen molar-refractivity contribution in [2.24, 2.45) is 28.7 Å². The Balaban J connectivity index is 3.25. The number of primary amides is 2. The van der Waals surface area contributed by atoms with E-state index in [4.69, 9.17) is 22.0 Å². The van der Waals surface area contributed by atoms with Gasteiger partial charge in [-0.1, -0.05) is 19.3 Å². The van der Waals surface area contributed by atoms with Crippen LogP contribution in [0, 0.1) is 39.9 Å². The zero-order valence-corrected chi connectivity index (χ0v) is 10.1. The van der Waals surface area contributed by atoms with Gasteiger partial charge in [-0.05, 0) is 12.8 Å². The second-order valence-electron chi connectivity index (χ2n) is 4.72. The van der Waals surface area contributed by atoms with Crippen LogP contribution in [0.15, 0.2) is 0 Å². The molecule has 6 heteroatoms. The molecule has 6 nitrogen and oxygen atoms in total. The summed E-state index contributed by atoms with van der Waals surface area (Å²) in [6.45, 7) is 0. The maximum atomic E-state index is 11.4. The lowest BCUT2D eigenvalue weighted by atomic mass is 9.59. The molecule has 0 bridgehead atoms. The standard InChI is InChI=1S/C12H16N4O2/c13-6-8(10(15)17)12(4-2-1-3-5-12)9(7-14)11(16)18/h8-9H,1-5H2,(H2,15,17)(H2,16,18). The number of nitrogens with zero attached hydrogens (tertiary/aromatic N) is 2. The van der Waals surface area contributed by atoms with Gasteiger partial charge in [0.05, 0.1) is 12.1 Å². The highest BCUT2D eigenvalue weighted by Crippen LogP contribution is 2.48. The maximum absolute atomic E-state index is 11.4. The Hall–Kier alpha value is -2.08. The van der Waals surface area contributed by atoms with Crippen LogP contribution in [0.1, 0.15) is 32.1 Å². The largest absolute Gasteiger partial charge is 0.369 e. The summed E-state index contributed by atoms with van der Waals surface area (Å²) in [4.78, 5) is 22.8. The van der Waals surface area contributed by atoms with Gasteiger partial charge in [-0.15, -0.1) is 0 Å². The minimum absolute atomic E-state index is 0.454. The summed E-state index contributed by atoms with van der Waals surface area (Å²) in [5, 5.41) is 18.3. The van der Waals surface area contributed by atoms with Crippen LogP contribution in [0.5, 0.6) is 0 Å². The fourth-order valence-corrected chi connectivity index (χ4v) is 2.91. The Kier molecular flexibility index (Phi) is 4.28. The molecule has 0 aromatic heterocycles. The van der Waals surface area contributed by atoms with Crippen LogP contribution in [-0.4, -0.2) is 11.8 Å². The van der Waals surface area contributed by atoms with E-state index < -0.39 is 29.1 Å². The quantitative estimate of drug-likeness (QED) is 0.734. The molecule has 1 fully saturated rings. The number of carbonyl (C=O) groups excluding carboxylic acids is 2. The molecule has 0 saturated heterocycles. The van der Waals surface area contributed by atoms with E-state index in [1.807, 2.05) is 12.1 Å². The van der Waals surface area contributed by atoms with Gasteiger partial charge in [0.2, 0.25) is 11.8 Å². The number of rotatable bonds is 4. The van der Waals surface area contributed by atoms with Gasteiger partial charge < -0.3 is 11.5 Å². The Morgan fingerprint density at radius 2 is 1.33 bits per heavy atom. The van der Waals surface area contributed by atoms with Crippen molar-refractivity contribution in [2.75, 3.05) is 0 Å². The van der Waals surface area contributed by atoms with Gasteiger partial charge in [-0.3, -0.25) is 9.59 Å². The Morgan fingerprint density at radius 3 is 1.61 bits per heavy atom. The molecule has 1 aliphatic rings. The normalized spacial score (nSPS) is 21.0. The van der Waals surface area contributed by atoms with Crippen molar-refractivity contribution in [3.8, 4) is 12.1 Å². The highest BCUT2D eigenvalue weighted by molar-refractivity contribution is 5.85. The van der Waals surface area contributed by atoms with E-state index in [0.717, 1.165) is 19.3 Å². The smallest absolute Gasteiger partial charge is 0.235 e. The van der Waals surface area contributed by atoms with Gasteiger partial charge in [-0.2, -0.15) is 10.5 Å². The van der Waals surface area contributed by atoms with E-state index in [9.17, 15) is 9.59 Å². The first kappa shape index (κ1) is 14.0. The van der Waals surface area contributed by atoms with Crippen LogP contribution in [0.25, 0.3) is 0 Å².